The number of nitrogens with zero attached hydrogens (tertiary/aromatic N) is 4. The molecule has 12 aromatic rings. The minimum absolute atomic E-state index is 0.581. The molecule has 0 bridgehead atoms. The van der Waals surface area contributed by atoms with Crippen molar-refractivity contribution in [2.45, 2.75) is 0 Å². The predicted molar refractivity (Wildman–Crippen MR) is 257 cm³/mol. The molecular weight excluding hydrogens is 773 g/mol. The SMILES string of the molecule is [C-]#[N+]c1cccc([Si](c2ccccc2)(c2ccc(-n3c4ccccc4c4c5c(ccc43)oc3ccccc35)cc2)c2ccc(-n3c4ccccc4c4ccccc43)c(C#N)c2)c1. The van der Waals surface area contributed by atoms with Crippen LogP contribution in [0.4, 0.5) is 5.69 Å². The van der Waals surface area contributed by atoms with Crippen LogP contribution < -0.4 is 20.7 Å². The number of rotatable bonds is 6. The Labute approximate surface area is 358 Å². The lowest BCUT2D eigenvalue weighted by atomic mass is 10.1. The monoisotopic (exact) mass is 806 g/mol. The van der Waals surface area contributed by atoms with Crippen molar-refractivity contribution >= 4 is 100 Å². The third-order valence-corrected chi connectivity index (χ3v) is 17.5. The minimum atomic E-state index is -3.21. The van der Waals surface area contributed by atoms with Gasteiger partial charge in [-0.05, 0) is 76.2 Å². The predicted octanol–water partition coefficient (Wildman–Crippen LogP) is 11.6. The second kappa shape index (κ2) is 13.8. The van der Waals surface area contributed by atoms with E-state index in [-0.39, 0.29) is 0 Å². The van der Waals surface area contributed by atoms with E-state index in [1.807, 2.05) is 24.3 Å². The third kappa shape index (κ3) is 5.05. The molecular formula is C56H34N4OSi. The van der Waals surface area contributed by atoms with E-state index in [0.29, 0.717) is 11.3 Å². The van der Waals surface area contributed by atoms with Crippen LogP contribution in [0.3, 0.4) is 0 Å². The van der Waals surface area contributed by atoms with E-state index in [0.717, 1.165) is 86.9 Å². The Hall–Kier alpha value is -8.42. The van der Waals surface area contributed by atoms with E-state index in [1.165, 1.54) is 10.8 Å². The molecule has 0 amide bonds. The van der Waals surface area contributed by atoms with Gasteiger partial charge in [0.05, 0.1) is 39.9 Å². The van der Waals surface area contributed by atoms with E-state index in [1.54, 1.807) is 0 Å². The number of furan rings is 1. The molecule has 0 aliphatic carbocycles. The highest BCUT2D eigenvalue weighted by molar-refractivity contribution is 7.20. The number of benzene rings is 9. The smallest absolute Gasteiger partial charge is 0.187 e. The minimum Gasteiger partial charge on any atom is -0.456 e. The van der Waals surface area contributed by atoms with Crippen LogP contribution in [0.2, 0.25) is 0 Å². The topological polar surface area (TPSA) is 51.1 Å². The van der Waals surface area contributed by atoms with Crippen molar-refractivity contribution in [1.82, 2.24) is 9.13 Å². The number of aromatic nitrogens is 2. The Morgan fingerprint density at radius 3 is 1.74 bits per heavy atom. The number of para-hydroxylation sites is 4. The number of nitriles is 1. The van der Waals surface area contributed by atoms with Crippen LogP contribution in [-0.2, 0) is 0 Å². The summed E-state index contributed by atoms with van der Waals surface area (Å²) in [5.74, 6) is 0. The molecule has 0 aliphatic rings. The molecule has 0 aliphatic heterocycles. The first-order chi connectivity index (χ1) is 30.7. The van der Waals surface area contributed by atoms with Gasteiger partial charge in [0.25, 0.3) is 0 Å². The lowest BCUT2D eigenvalue weighted by Crippen LogP contribution is -2.74. The zero-order chi connectivity index (χ0) is 41.4. The van der Waals surface area contributed by atoms with Gasteiger partial charge < -0.3 is 13.6 Å². The number of hydrogen-bond acceptors (Lipinski definition) is 2. The molecule has 62 heavy (non-hydrogen) atoms. The molecule has 0 N–H and O–H groups in total. The average molecular weight is 807 g/mol. The standard InChI is InChI=1S/C56H34N4OSi/c1-58-38-14-13-17-42(35-38)62(40-15-3-2-4-16-40,43-30-31-48(37(34-43)36-57)60-49-22-9-5-18-44(49)45-19-6-10-23-50(45)60)41-28-26-39(27-29-41)59-51-24-11-7-20-46(51)55-52(59)32-33-54-56(55)47-21-8-12-25-53(47)61-54/h2-35H. The highest BCUT2D eigenvalue weighted by Crippen LogP contribution is 2.41. The van der Waals surface area contributed by atoms with Crippen LogP contribution in [-0.4, -0.2) is 17.2 Å². The zero-order valence-electron chi connectivity index (χ0n) is 33.3. The highest BCUT2D eigenvalue weighted by atomic mass is 28.3. The Morgan fingerprint density at radius 1 is 0.452 bits per heavy atom. The molecule has 12 rings (SSSR count). The Balaban J connectivity index is 1.11. The molecule has 0 saturated carbocycles. The van der Waals surface area contributed by atoms with Crippen LogP contribution in [0, 0.1) is 17.9 Å². The van der Waals surface area contributed by atoms with Gasteiger partial charge in [-0.2, -0.15) is 5.26 Å². The molecule has 1 unspecified atom stereocenters. The maximum absolute atomic E-state index is 11.1. The highest BCUT2D eigenvalue weighted by Gasteiger charge is 2.42. The summed E-state index contributed by atoms with van der Waals surface area (Å²) in [6, 6.07) is 74.8. The molecule has 0 fully saturated rings. The molecule has 288 valence electrons. The molecule has 6 heteroatoms. The van der Waals surface area contributed by atoms with Crippen LogP contribution in [0.5, 0.6) is 0 Å². The van der Waals surface area contributed by atoms with Crippen molar-refractivity contribution in [3.63, 3.8) is 0 Å². The summed E-state index contributed by atoms with van der Waals surface area (Å²) in [5.41, 5.74) is 9.12. The zero-order valence-corrected chi connectivity index (χ0v) is 34.3. The first kappa shape index (κ1) is 35.5. The van der Waals surface area contributed by atoms with Crippen LogP contribution >= 0.6 is 0 Å². The first-order valence-electron chi connectivity index (χ1n) is 20.7. The summed E-state index contributed by atoms with van der Waals surface area (Å²) >= 11 is 0. The Morgan fingerprint density at radius 2 is 1.03 bits per heavy atom. The summed E-state index contributed by atoms with van der Waals surface area (Å²) in [6.07, 6.45) is 0. The van der Waals surface area contributed by atoms with Crippen molar-refractivity contribution < 1.29 is 4.42 Å². The van der Waals surface area contributed by atoms with E-state index >= 15 is 0 Å². The van der Waals surface area contributed by atoms with Crippen LogP contribution in [0.15, 0.2) is 211 Å². The van der Waals surface area contributed by atoms with Gasteiger partial charge >= 0.3 is 0 Å². The van der Waals surface area contributed by atoms with E-state index in [2.05, 4.69) is 202 Å². The maximum atomic E-state index is 11.1. The molecule has 9 aromatic carbocycles. The summed E-state index contributed by atoms with van der Waals surface area (Å²) in [5, 5.41) is 22.4. The van der Waals surface area contributed by atoms with E-state index in [9.17, 15) is 5.26 Å². The molecule has 1 atom stereocenters. The van der Waals surface area contributed by atoms with Gasteiger partial charge in [0.1, 0.15) is 17.2 Å². The Kier molecular flexibility index (Phi) is 7.92. The lowest BCUT2D eigenvalue weighted by Gasteiger charge is -2.35. The van der Waals surface area contributed by atoms with Crippen molar-refractivity contribution in [2.75, 3.05) is 0 Å². The van der Waals surface area contributed by atoms with Gasteiger partial charge in [0.2, 0.25) is 0 Å². The molecule has 0 saturated heterocycles. The molecule has 3 aromatic heterocycles. The van der Waals surface area contributed by atoms with Crippen LogP contribution in [0.25, 0.3) is 81.8 Å². The van der Waals surface area contributed by atoms with E-state index in [4.69, 9.17) is 11.0 Å². The van der Waals surface area contributed by atoms with E-state index < -0.39 is 8.07 Å². The van der Waals surface area contributed by atoms with Crippen molar-refractivity contribution in [2.24, 2.45) is 0 Å². The molecule has 5 nitrogen and oxygen atoms in total. The maximum Gasteiger partial charge on any atom is 0.187 e. The van der Waals surface area contributed by atoms with Gasteiger partial charge in [-0.1, -0.05) is 151 Å². The second-order valence-electron chi connectivity index (χ2n) is 15.8. The fourth-order valence-electron chi connectivity index (χ4n) is 10.1. The largest absolute Gasteiger partial charge is 0.456 e. The second-order valence-corrected chi connectivity index (χ2v) is 19.6. The van der Waals surface area contributed by atoms with Gasteiger partial charge in [-0.25, -0.2) is 4.85 Å². The third-order valence-electron chi connectivity index (χ3n) is 12.7. The quantitative estimate of drug-likeness (QED) is 0.0955. The van der Waals surface area contributed by atoms with Crippen molar-refractivity contribution in [1.29, 1.82) is 5.26 Å². The van der Waals surface area contributed by atoms with Gasteiger partial charge in [-0.3, -0.25) is 0 Å². The van der Waals surface area contributed by atoms with Gasteiger partial charge in [0.15, 0.2) is 13.8 Å². The van der Waals surface area contributed by atoms with Crippen molar-refractivity contribution in [3.8, 4) is 17.4 Å². The Bertz CT molecular complexity index is 3790. The fourth-order valence-corrected chi connectivity index (χ4v) is 14.9. The van der Waals surface area contributed by atoms with Gasteiger partial charge in [0, 0.05) is 38.0 Å². The molecule has 0 radical (unpaired) electrons. The normalized spacial score (nSPS) is 12.6. The van der Waals surface area contributed by atoms with Crippen LogP contribution in [0.1, 0.15) is 5.56 Å². The molecule has 3 heterocycles. The summed E-state index contributed by atoms with van der Waals surface area (Å²) in [7, 11) is -3.21. The average Bonchev–Trinajstić information content (AvgIpc) is 4.00. The first-order valence-corrected chi connectivity index (χ1v) is 22.7. The summed E-state index contributed by atoms with van der Waals surface area (Å²) in [6.45, 7) is 8.07. The van der Waals surface area contributed by atoms with Crippen molar-refractivity contribution in [3.05, 3.63) is 223 Å². The summed E-state index contributed by atoms with van der Waals surface area (Å²) in [4.78, 5) is 3.91. The number of fused-ring (bicyclic) bond motifs is 10. The van der Waals surface area contributed by atoms with Gasteiger partial charge in [-0.15, -0.1) is 0 Å². The number of hydrogen-bond donors (Lipinski definition) is 0. The molecule has 0 spiro atoms. The fraction of sp³-hybridized carbons (Fsp3) is 0. The summed E-state index contributed by atoms with van der Waals surface area (Å²) < 4.78 is 10.9. The lowest BCUT2D eigenvalue weighted by molar-refractivity contribution is 0.669.